The fraction of sp³-hybridized carbons (Fsp3) is 0.167. The molecule has 0 radical (unpaired) electrons. The van der Waals surface area contributed by atoms with E-state index in [4.69, 9.17) is 10.2 Å². The van der Waals surface area contributed by atoms with E-state index in [0.717, 1.165) is 0 Å². The molecule has 4 heteroatoms. The van der Waals surface area contributed by atoms with Crippen LogP contribution in [-0.4, -0.2) is 21.6 Å². The third kappa shape index (κ3) is 1.43. The molecule has 0 fully saturated rings. The molecule has 0 bridgehead atoms. The summed E-state index contributed by atoms with van der Waals surface area (Å²) in [7, 11) is -0.256. The van der Waals surface area contributed by atoms with Crippen molar-refractivity contribution in [3.63, 3.8) is 0 Å². The van der Waals surface area contributed by atoms with Gasteiger partial charge in [-0.25, -0.2) is 0 Å². The van der Waals surface area contributed by atoms with Crippen LogP contribution in [0.15, 0.2) is 24.0 Å². The first-order valence-electron chi connectivity index (χ1n) is 2.71. The van der Waals surface area contributed by atoms with Crippen LogP contribution in [0.4, 0.5) is 0 Å². The fourth-order valence-electron chi connectivity index (χ4n) is 0.654. The van der Waals surface area contributed by atoms with E-state index in [9.17, 15) is 4.57 Å². The number of rotatable bonds is 0. The van der Waals surface area contributed by atoms with Gasteiger partial charge in [-0.15, -0.1) is 0 Å². The molecule has 0 spiro atoms. The second-order valence-electron chi connectivity index (χ2n) is 1.89. The summed E-state index contributed by atoms with van der Waals surface area (Å²) in [5, 5.41) is 18.1. The van der Waals surface area contributed by atoms with Crippen molar-refractivity contribution in [1.82, 2.24) is 0 Å². The Hall–Kier alpha value is -0.660. The molecule has 3 nitrogen and oxygen atoms in total. The minimum absolute atomic E-state index is 0.0173. The van der Waals surface area contributed by atoms with Gasteiger partial charge in [0.2, 0.25) is 0 Å². The molecular weight excluding hydrogens is 151 g/mol. The minimum atomic E-state index is -0.824. The Morgan fingerprint density at radius 2 is 2.30 bits per heavy atom. The average Bonchev–Trinajstić information content (AvgIpc) is 1.94. The van der Waals surface area contributed by atoms with Gasteiger partial charge in [0.05, 0.1) is 0 Å². The van der Waals surface area contributed by atoms with E-state index >= 15 is 0 Å². The number of hydrogen-bond donors (Lipinski definition) is 2. The molecule has 0 saturated carbocycles. The van der Waals surface area contributed by atoms with Gasteiger partial charge in [-0.2, -0.15) is 0 Å². The Balaban J connectivity index is 2.98. The summed E-state index contributed by atoms with van der Waals surface area (Å²) in [6, 6.07) is 0. The van der Waals surface area contributed by atoms with Crippen molar-refractivity contribution in [2.24, 2.45) is 0 Å². The second kappa shape index (κ2) is 2.95. The van der Waals surface area contributed by atoms with Crippen molar-refractivity contribution in [2.45, 2.75) is 6.10 Å². The van der Waals surface area contributed by atoms with Crippen molar-refractivity contribution >= 4 is 13.4 Å². The molecule has 1 aliphatic carbocycles. The molecule has 0 amide bonds. The molecule has 0 heterocycles. The predicted molar refractivity (Wildman–Crippen MR) is 38.5 cm³/mol. The third-order valence-electron chi connectivity index (χ3n) is 1.15. The normalized spacial score (nSPS) is 24.3. The fourth-order valence-corrected chi connectivity index (χ4v) is 1.03. The molecule has 0 aliphatic heterocycles. The summed E-state index contributed by atoms with van der Waals surface area (Å²) < 4.78 is 10.2. The zero-order valence-corrected chi connectivity index (χ0v) is 5.95. The standard InChI is InChI=1S/C6H5O3P/c7-4-1-2-5(8)6(3-4)10-9/h1-3,5,8H/p+1. The van der Waals surface area contributed by atoms with Gasteiger partial charge in [-0.05, 0) is 0 Å². The second-order valence-corrected chi connectivity index (χ2v) is 2.59. The van der Waals surface area contributed by atoms with E-state index in [1.165, 1.54) is 18.2 Å². The molecule has 0 aromatic carbocycles. The van der Waals surface area contributed by atoms with Crippen molar-refractivity contribution in [3.05, 3.63) is 24.0 Å². The van der Waals surface area contributed by atoms with Gasteiger partial charge in [-0.3, -0.25) is 0 Å². The van der Waals surface area contributed by atoms with Crippen LogP contribution in [0.25, 0.3) is 0 Å². The Bertz CT molecular complexity index is 248. The molecule has 0 aromatic rings. The van der Waals surface area contributed by atoms with Gasteiger partial charge in [0.25, 0.3) is 0 Å². The van der Waals surface area contributed by atoms with Crippen LogP contribution in [-0.2, 0) is 4.57 Å². The quantitative estimate of drug-likeness (QED) is 0.512. The van der Waals surface area contributed by atoms with E-state index in [1.54, 1.807) is 0 Å². The van der Waals surface area contributed by atoms with Crippen molar-refractivity contribution in [1.29, 1.82) is 0 Å². The van der Waals surface area contributed by atoms with Gasteiger partial charge < -0.3 is 0 Å². The van der Waals surface area contributed by atoms with Crippen LogP contribution in [0.5, 0.6) is 0 Å². The Morgan fingerprint density at radius 3 is 2.80 bits per heavy atom. The summed E-state index contributed by atoms with van der Waals surface area (Å²) in [6.07, 6.45) is 3.18. The van der Waals surface area contributed by atoms with Crippen LogP contribution in [0, 0.1) is 0 Å². The molecule has 0 aromatic heterocycles. The van der Waals surface area contributed by atoms with Gasteiger partial charge in [0, 0.05) is 0 Å². The first-order chi connectivity index (χ1) is 4.74. The molecule has 52 valence electrons. The van der Waals surface area contributed by atoms with Gasteiger partial charge in [0.15, 0.2) is 0 Å². The first kappa shape index (κ1) is 7.45. The van der Waals surface area contributed by atoms with E-state index in [-0.39, 0.29) is 19.1 Å². The summed E-state index contributed by atoms with van der Waals surface area (Å²) >= 11 is 0. The summed E-state index contributed by atoms with van der Waals surface area (Å²) in [4.78, 5) is 0. The number of hydrogen-bond acceptors (Lipinski definition) is 3. The third-order valence-corrected chi connectivity index (χ3v) is 1.76. The predicted octanol–water partition coefficient (Wildman–Crippen LogP) is 0.823. The van der Waals surface area contributed by atoms with Crippen molar-refractivity contribution in [2.75, 3.05) is 0 Å². The SMILES string of the molecule is O=[P+]=C1C=C(O)C=CC1O. The van der Waals surface area contributed by atoms with Crippen LogP contribution in [0.3, 0.4) is 0 Å². The zero-order chi connectivity index (χ0) is 7.56. The van der Waals surface area contributed by atoms with Crippen LogP contribution >= 0.6 is 8.08 Å². The molecule has 10 heavy (non-hydrogen) atoms. The van der Waals surface area contributed by atoms with E-state index in [1.807, 2.05) is 0 Å². The van der Waals surface area contributed by atoms with Crippen LogP contribution in [0.2, 0.25) is 0 Å². The van der Waals surface area contributed by atoms with Crippen LogP contribution in [0.1, 0.15) is 0 Å². The maximum absolute atomic E-state index is 10.2. The molecule has 0 saturated heterocycles. The zero-order valence-electron chi connectivity index (χ0n) is 5.06. The molecule has 1 aliphatic rings. The first-order valence-corrected chi connectivity index (χ1v) is 3.52. The average molecular weight is 157 g/mol. The Labute approximate surface area is 59.1 Å². The molecule has 2 N–H and O–H groups in total. The molecular formula is C6H6O3P+. The van der Waals surface area contributed by atoms with E-state index in [2.05, 4.69) is 0 Å². The van der Waals surface area contributed by atoms with Crippen LogP contribution < -0.4 is 0 Å². The van der Waals surface area contributed by atoms with Gasteiger partial charge >= 0.3 is 58.2 Å². The maximum atomic E-state index is 10.2. The molecule has 1 rings (SSSR count). The number of aliphatic hydroxyl groups excluding tert-OH is 2. The Morgan fingerprint density at radius 1 is 1.60 bits per heavy atom. The summed E-state index contributed by atoms with van der Waals surface area (Å²) in [5.74, 6) is 0.0173. The molecule has 1 unspecified atom stereocenters. The van der Waals surface area contributed by atoms with Gasteiger partial charge in [0.1, 0.15) is 0 Å². The van der Waals surface area contributed by atoms with Crippen molar-refractivity contribution in [3.8, 4) is 0 Å². The number of allylic oxidation sites excluding steroid dienone is 1. The number of aliphatic hydroxyl groups is 2. The van der Waals surface area contributed by atoms with Gasteiger partial charge in [-0.1, -0.05) is 0 Å². The summed E-state index contributed by atoms with van der Waals surface area (Å²) in [6.45, 7) is 0. The topological polar surface area (TPSA) is 57.5 Å². The molecule has 1 atom stereocenters. The Kier molecular flexibility index (Phi) is 2.20. The van der Waals surface area contributed by atoms with E-state index < -0.39 is 6.10 Å². The van der Waals surface area contributed by atoms with E-state index in [0.29, 0.717) is 0 Å². The summed E-state index contributed by atoms with van der Waals surface area (Å²) in [5.41, 5.74) is 0. The monoisotopic (exact) mass is 157 g/mol. The van der Waals surface area contributed by atoms with Crippen molar-refractivity contribution < 1.29 is 14.8 Å².